The first kappa shape index (κ1) is 11.1. The summed E-state index contributed by atoms with van der Waals surface area (Å²) in [6, 6.07) is 6.10. The number of benzene rings is 1. The number of nitrogens with zero attached hydrogens (tertiary/aromatic N) is 2. The van der Waals surface area contributed by atoms with Crippen LogP contribution in [-0.4, -0.2) is 20.6 Å². The third-order valence-electron chi connectivity index (χ3n) is 2.21. The summed E-state index contributed by atoms with van der Waals surface area (Å²) in [5, 5.41) is 10.9. The number of halogens is 1. The molecule has 6 nitrogen and oxygen atoms in total. The maximum absolute atomic E-state index is 13.4. The standard InChI is InChI=1S/C10H10FN5O/c11-7-4-2-1-3-6(7)5-16-10(17)14-9(15-16)8(12)13/h1-4H,5H2,(H3,12,13)(H,14,15,17). The molecule has 0 aliphatic carbocycles. The molecule has 0 atom stereocenters. The maximum Gasteiger partial charge on any atom is 0.343 e. The van der Waals surface area contributed by atoms with E-state index in [2.05, 4.69) is 10.1 Å². The number of nitrogens with one attached hydrogen (secondary N) is 2. The van der Waals surface area contributed by atoms with Crippen molar-refractivity contribution in [2.24, 2.45) is 5.73 Å². The highest BCUT2D eigenvalue weighted by Gasteiger charge is 2.09. The van der Waals surface area contributed by atoms with Gasteiger partial charge in [0.1, 0.15) is 5.82 Å². The molecule has 0 radical (unpaired) electrons. The summed E-state index contributed by atoms with van der Waals surface area (Å²) in [5.41, 5.74) is 5.00. The predicted molar refractivity (Wildman–Crippen MR) is 59.4 cm³/mol. The smallest absolute Gasteiger partial charge is 0.343 e. The van der Waals surface area contributed by atoms with Gasteiger partial charge in [-0.2, -0.15) is 0 Å². The van der Waals surface area contributed by atoms with Gasteiger partial charge in [-0.05, 0) is 6.07 Å². The van der Waals surface area contributed by atoms with Crippen molar-refractivity contribution in [1.29, 1.82) is 5.41 Å². The lowest BCUT2D eigenvalue weighted by Gasteiger charge is -2.01. The number of aromatic nitrogens is 3. The van der Waals surface area contributed by atoms with Crippen LogP contribution in [0.4, 0.5) is 4.39 Å². The lowest BCUT2D eigenvalue weighted by Crippen LogP contribution is -2.19. The molecule has 4 N–H and O–H groups in total. The van der Waals surface area contributed by atoms with Crippen LogP contribution in [0.25, 0.3) is 0 Å². The highest BCUT2D eigenvalue weighted by Crippen LogP contribution is 2.06. The van der Waals surface area contributed by atoms with E-state index < -0.39 is 11.5 Å². The summed E-state index contributed by atoms with van der Waals surface area (Å²) < 4.78 is 14.4. The van der Waals surface area contributed by atoms with E-state index in [1.165, 1.54) is 6.07 Å². The highest BCUT2D eigenvalue weighted by atomic mass is 19.1. The monoisotopic (exact) mass is 235 g/mol. The Morgan fingerprint density at radius 2 is 2.24 bits per heavy atom. The Morgan fingerprint density at radius 3 is 2.82 bits per heavy atom. The Hall–Kier alpha value is -2.44. The molecule has 0 saturated heterocycles. The van der Waals surface area contributed by atoms with Gasteiger partial charge in [0.2, 0.25) is 0 Å². The second-order valence-corrected chi connectivity index (χ2v) is 3.44. The molecular formula is C10H10FN5O. The fourth-order valence-corrected chi connectivity index (χ4v) is 1.37. The zero-order chi connectivity index (χ0) is 12.4. The van der Waals surface area contributed by atoms with Crippen LogP contribution >= 0.6 is 0 Å². The molecule has 0 bridgehead atoms. The normalized spacial score (nSPS) is 10.4. The number of hydrogen-bond donors (Lipinski definition) is 3. The minimum atomic E-state index is -0.529. The van der Waals surface area contributed by atoms with E-state index in [0.29, 0.717) is 5.56 Å². The molecule has 1 aromatic carbocycles. The van der Waals surface area contributed by atoms with E-state index in [9.17, 15) is 9.18 Å². The molecule has 17 heavy (non-hydrogen) atoms. The molecule has 0 spiro atoms. The summed E-state index contributed by atoms with van der Waals surface area (Å²) in [6.45, 7) is -0.00468. The minimum Gasteiger partial charge on any atom is -0.381 e. The van der Waals surface area contributed by atoms with E-state index in [1.54, 1.807) is 18.2 Å². The Labute approximate surface area is 95.4 Å². The molecule has 7 heteroatoms. The first-order valence-corrected chi connectivity index (χ1v) is 4.83. The molecule has 0 amide bonds. The number of nitrogens with two attached hydrogens (primary N) is 1. The van der Waals surface area contributed by atoms with Crippen LogP contribution in [0, 0.1) is 11.2 Å². The molecule has 0 fully saturated rings. The van der Waals surface area contributed by atoms with Gasteiger partial charge in [-0.1, -0.05) is 18.2 Å². The second-order valence-electron chi connectivity index (χ2n) is 3.44. The zero-order valence-electron chi connectivity index (χ0n) is 8.77. The van der Waals surface area contributed by atoms with E-state index in [4.69, 9.17) is 11.1 Å². The van der Waals surface area contributed by atoms with E-state index >= 15 is 0 Å². The quantitative estimate of drug-likeness (QED) is 0.517. The Balaban J connectivity index is 2.34. The van der Waals surface area contributed by atoms with Crippen LogP contribution in [0.3, 0.4) is 0 Å². The SMILES string of the molecule is N=C(N)c1nn(Cc2ccccc2F)c(=O)[nH]1. The molecule has 1 aromatic heterocycles. The van der Waals surface area contributed by atoms with Gasteiger partial charge in [-0.25, -0.2) is 13.9 Å². The topological polar surface area (TPSA) is 101 Å². The summed E-state index contributed by atoms with van der Waals surface area (Å²) >= 11 is 0. The van der Waals surface area contributed by atoms with E-state index in [1.807, 2.05) is 0 Å². The first-order chi connectivity index (χ1) is 8.08. The Kier molecular flexibility index (Phi) is 2.73. The molecule has 0 saturated carbocycles. The second kappa shape index (κ2) is 4.20. The third-order valence-corrected chi connectivity index (χ3v) is 2.21. The summed E-state index contributed by atoms with van der Waals surface area (Å²) in [6.07, 6.45) is 0. The lowest BCUT2D eigenvalue weighted by atomic mass is 10.2. The van der Waals surface area contributed by atoms with Crippen molar-refractivity contribution < 1.29 is 4.39 Å². The fourth-order valence-electron chi connectivity index (χ4n) is 1.37. The van der Waals surface area contributed by atoms with Gasteiger partial charge in [0.25, 0.3) is 0 Å². The van der Waals surface area contributed by atoms with Crippen molar-refractivity contribution in [1.82, 2.24) is 14.8 Å². The predicted octanol–water partition coefficient (Wildman–Crippen LogP) is 0.0429. The summed E-state index contributed by atoms with van der Waals surface area (Å²) in [7, 11) is 0. The summed E-state index contributed by atoms with van der Waals surface area (Å²) in [4.78, 5) is 13.7. The van der Waals surface area contributed by atoms with Gasteiger partial charge in [-0.15, -0.1) is 5.10 Å². The molecule has 0 aliphatic rings. The van der Waals surface area contributed by atoms with Crippen molar-refractivity contribution in [3.8, 4) is 0 Å². The highest BCUT2D eigenvalue weighted by molar-refractivity contribution is 5.90. The molecule has 2 aromatic rings. The van der Waals surface area contributed by atoms with Crippen LogP contribution in [0.5, 0.6) is 0 Å². The Bertz CT molecular complexity index is 615. The molecule has 2 rings (SSSR count). The van der Waals surface area contributed by atoms with Crippen LogP contribution in [-0.2, 0) is 6.54 Å². The molecule has 88 valence electrons. The number of aromatic amines is 1. The maximum atomic E-state index is 13.4. The number of hydrogen-bond acceptors (Lipinski definition) is 3. The van der Waals surface area contributed by atoms with Crippen molar-refractivity contribution in [2.45, 2.75) is 6.54 Å². The molecular weight excluding hydrogens is 225 g/mol. The van der Waals surface area contributed by atoms with Crippen LogP contribution in [0.2, 0.25) is 0 Å². The van der Waals surface area contributed by atoms with Gasteiger partial charge in [-0.3, -0.25) is 10.4 Å². The molecule has 0 aliphatic heterocycles. The van der Waals surface area contributed by atoms with Crippen molar-refractivity contribution in [3.05, 3.63) is 52.0 Å². The van der Waals surface area contributed by atoms with Crippen molar-refractivity contribution in [3.63, 3.8) is 0 Å². The van der Waals surface area contributed by atoms with Gasteiger partial charge in [0, 0.05) is 5.56 Å². The molecule has 1 heterocycles. The number of nitrogen functional groups attached to an aromatic ring is 1. The first-order valence-electron chi connectivity index (χ1n) is 4.83. The summed E-state index contributed by atoms with van der Waals surface area (Å²) in [5.74, 6) is -0.771. The van der Waals surface area contributed by atoms with Crippen molar-refractivity contribution >= 4 is 5.84 Å². The van der Waals surface area contributed by atoms with Gasteiger partial charge in [0.15, 0.2) is 11.7 Å². The minimum absolute atomic E-state index is 0.00468. The lowest BCUT2D eigenvalue weighted by molar-refractivity contribution is 0.578. The van der Waals surface area contributed by atoms with Gasteiger partial charge >= 0.3 is 5.69 Å². The van der Waals surface area contributed by atoms with E-state index in [-0.39, 0.29) is 18.2 Å². The van der Waals surface area contributed by atoms with Crippen LogP contribution in [0.1, 0.15) is 11.4 Å². The molecule has 0 unspecified atom stereocenters. The average molecular weight is 235 g/mol. The zero-order valence-corrected chi connectivity index (χ0v) is 8.77. The van der Waals surface area contributed by atoms with Crippen LogP contribution in [0.15, 0.2) is 29.1 Å². The van der Waals surface area contributed by atoms with Crippen molar-refractivity contribution in [2.75, 3.05) is 0 Å². The fraction of sp³-hybridized carbons (Fsp3) is 0.100. The van der Waals surface area contributed by atoms with Gasteiger partial charge < -0.3 is 5.73 Å². The number of amidine groups is 1. The Morgan fingerprint density at radius 1 is 1.53 bits per heavy atom. The van der Waals surface area contributed by atoms with Gasteiger partial charge in [0.05, 0.1) is 6.54 Å². The largest absolute Gasteiger partial charge is 0.381 e. The van der Waals surface area contributed by atoms with Crippen LogP contribution < -0.4 is 11.4 Å². The average Bonchev–Trinajstić information content (AvgIpc) is 2.64. The third kappa shape index (κ3) is 2.22. The number of rotatable bonds is 3. The number of H-pyrrole nitrogens is 1. The van der Waals surface area contributed by atoms with E-state index in [0.717, 1.165) is 4.68 Å².